The van der Waals surface area contributed by atoms with Gasteiger partial charge in [0.1, 0.15) is 5.82 Å². The van der Waals surface area contributed by atoms with Crippen molar-refractivity contribution in [1.29, 1.82) is 0 Å². The quantitative estimate of drug-likeness (QED) is 0.942. The summed E-state index contributed by atoms with van der Waals surface area (Å²) in [6.07, 6.45) is 2.13. The number of nitrogens with zero attached hydrogens (tertiary/aromatic N) is 2. The molecule has 0 spiro atoms. The molecule has 23 heavy (non-hydrogen) atoms. The van der Waals surface area contributed by atoms with Crippen LogP contribution in [-0.2, 0) is 16.7 Å². The van der Waals surface area contributed by atoms with E-state index in [0.717, 1.165) is 49.5 Å². The summed E-state index contributed by atoms with van der Waals surface area (Å²) in [7, 11) is 0. The number of carboxylic acids is 1. The van der Waals surface area contributed by atoms with Gasteiger partial charge in [-0.1, -0.05) is 20.8 Å². The van der Waals surface area contributed by atoms with Crippen molar-refractivity contribution in [2.24, 2.45) is 5.92 Å². The molecule has 1 aliphatic rings. The van der Waals surface area contributed by atoms with E-state index < -0.39 is 5.97 Å². The van der Waals surface area contributed by atoms with Crippen molar-refractivity contribution in [2.75, 3.05) is 13.2 Å². The van der Waals surface area contributed by atoms with Gasteiger partial charge in [-0.2, -0.15) is 0 Å². The first-order chi connectivity index (χ1) is 10.9. The molecule has 0 aliphatic carbocycles. The lowest BCUT2D eigenvalue weighted by Gasteiger charge is -2.26. The fraction of sp³-hybridized carbons (Fsp3) is 0.556. The van der Waals surface area contributed by atoms with Crippen LogP contribution in [0.1, 0.15) is 49.8 Å². The maximum absolute atomic E-state index is 11.2. The molecule has 0 bridgehead atoms. The van der Waals surface area contributed by atoms with E-state index in [1.807, 2.05) is 6.07 Å². The highest BCUT2D eigenvalue weighted by atomic mass is 16.5. The van der Waals surface area contributed by atoms with E-state index in [1.165, 1.54) is 0 Å². The van der Waals surface area contributed by atoms with Crippen molar-refractivity contribution in [2.45, 2.75) is 45.6 Å². The molecule has 124 valence electrons. The molecule has 5 nitrogen and oxygen atoms in total. The van der Waals surface area contributed by atoms with Crippen LogP contribution in [-0.4, -0.2) is 33.8 Å². The lowest BCUT2D eigenvalue weighted by molar-refractivity contribution is 0.0611. The molecule has 0 amide bonds. The van der Waals surface area contributed by atoms with Gasteiger partial charge in [0.2, 0.25) is 0 Å². The van der Waals surface area contributed by atoms with Gasteiger partial charge >= 0.3 is 5.97 Å². The molecule has 0 radical (unpaired) electrons. The molecule has 5 heteroatoms. The van der Waals surface area contributed by atoms with Crippen LogP contribution in [0.2, 0.25) is 0 Å². The molecule has 1 aliphatic heterocycles. The fourth-order valence-corrected chi connectivity index (χ4v) is 3.21. The van der Waals surface area contributed by atoms with Crippen molar-refractivity contribution in [3.8, 4) is 0 Å². The molecular formula is C18H24N2O3. The molecule has 0 saturated carbocycles. The number of ether oxygens (including phenoxy) is 1. The van der Waals surface area contributed by atoms with E-state index in [4.69, 9.17) is 9.72 Å². The second-order valence-electron chi connectivity index (χ2n) is 7.36. The normalized spacial score (nSPS) is 16.8. The van der Waals surface area contributed by atoms with Crippen molar-refractivity contribution >= 4 is 17.0 Å². The summed E-state index contributed by atoms with van der Waals surface area (Å²) in [6, 6.07) is 5.23. The molecule has 1 aromatic heterocycles. The van der Waals surface area contributed by atoms with E-state index in [-0.39, 0.29) is 11.0 Å². The van der Waals surface area contributed by atoms with Crippen LogP contribution in [0.15, 0.2) is 18.2 Å². The Kier molecular flexibility index (Phi) is 4.15. The van der Waals surface area contributed by atoms with Gasteiger partial charge in [-0.3, -0.25) is 0 Å². The summed E-state index contributed by atoms with van der Waals surface area (Å²) in [6.45, 7) is 9.00. The fourth-order valence-electron chi connectivity index (χ4n) is 3.21. The molecule has 1 N–H and O–H groups in total. The van der Waals surface area contributed by atoms with Crippen LogP contribution in [0.3, 0.4) is 0 Å². The topological polar surface area (TPSA) is 64.3 Å². The lowest BCUT2D eigenvalue weighted by Crippen LogP contribution is -2.25. The van der Waals surface area contributed by atoms with Crippen molar-refractivity contribution in [3.63, 3.8) is 0 Å². The Morgan fingerprint density at radius 3 is 2.65 bits per heavy atom. The third-order valence-corrected chi connectivity index (χ3v) is 4.45. The predicted octanol–water partition coefficient (Wildman–Crippen LogP) is 3.46. The third-order valence-electron chi connectivity index (χ3n) is 4.45. The number of rotatable bonds is 3. The maximum Gasteiger partial charge on any atom is 0.335 e. The first-order valence-electron chi connectivity index (χ1n) is 8.18. The zero-order chi connectivity index (χ0) is 16.6. The molecule has 2 aromatic rings. The van der Waals surface area contributed by atoms with Crippen molar-refractivity contribution in [3.05, 3.63) is 29.6 Å². The first-order valence-corrected chi connectivity index (χ1v) is 8.18. The summed E-state index contributed by atoms with van der Waals surface area (Å²) in [5.41, 5.74) is 1.98. The number of aromatic nitrogens is 2. The maximum atomic E-state index is 11.2. The minimum absolute atomic E-state index is 0.0897. The Balaban J connectivity index is 2.06. The number of aromatic carboxylic acids is 1. The number of hydrogen-bond acceptors (Lipinski definition) is 3. The standard InChI is InChI=1S/C18H24N2O3/c1-18(2,3)17-19-14-10-13(16(21)22)4-5-15(14)20(17)11-12-6-8-23-9-7-12/h4-5,10,12H,6-9,11H2,1-3H3,(H,21,22). The largest absolute Gasteiger partial charge is 0.478 e. The molecule has 0 unspecified atom stereocenters. The van der Waals surface area contributed by atoms with Gasteiger partial charge in [-0.05, 0) is 37.0 Å². The summed E-state index contributed by atoms with van der Waals surface area (Å²) in [4.78, 5) is 16.0. The van der Waals surface area contributed by atoms with Gasteiger partial charge in [0.05, 0.1) is 16.6 Å². The average molecular weight is 316 g/mol. The number of hydrogen-bond donors (Lipinski definition) is 1. The van der Waals surface area contributed by atoms with Gasteiger partial charge in [-0.15, -0.1) is 0 Å². The molecule has 2 heterocycles. The zero-order valence-corrected chi connectivity index (χ0v) is 14.0. The average Bonchev–Trinajstić information content (AvgIpc) is 2.86. The lowest BCUT2D eigenvalue weighted by atomic mass is 9.94. The van der Waals surface area contributed by atoms with Gasteiger partial charge in [0, 0.05) is 25.2 Å². The number of fused-ring (bicyclic) bond motifs is 1. The molecule has 1 saturated heterocycles. The van der Waals surface area contributed by atoms with Crippen LogP contribution in [0, 0.1) is 5.92 Å². The number of benzene rings is 1. The SMILES string of the molecule is CC(C)(C)c1nc2cc(C(=O)O)ccc2n1CC1CCOCC1. The second-order valence-corrected chi connectivity index (χ2v) is 7.36. The minimum Gasteiger partial charge on any atom is -0.478 e. The van der Waals surface area contributed by atoms with Gasteiger partial charge < -0.3 is 14.4 Å². The highest BCUT2D eigenvalue weighted by Crippen LogP contribution is 2.29. The minimum atomic E-state index is -0.914. The monoisotopic (exact) mass is 316 g/mol. The van der Waals surface area contributed by atoms with Crippen molar-refractivity contribution in [1.82, 2.24) is 9.55 Å². The molecule has 1 fully saturated rings. The van der Waals surface area contributed by atoms with Gasteiger partial charge in [0.15, 0.2) is 0 Å². The summed E-state index contributed by atoms with van der Waals surface area (Å²) >= 11 is 0. The molecule has 0 atom stereocenters. The Labute approximate surface area is 136 Å². The summed E-state index contributed by atoms with van der Waals surface area (Å²) < 4.78 is 7.73. The molecule has 3 rings (SSSR count). The Morgan fingerprint density at radius 1 is 1.35 bits per heavy atom. The Bertz CT molecular complexity index is 722. The Morgan fingerprint density at radius 2 is 2.04 bits per heavy atom. The highest BCUT2D eigenvalue weighted by Gasteiger charge is 2.25. The van der Waals surface area contributed by atoms with E-state index in [0.29, 0.717) is 5.92 Å². The van der Waals surface area contributed by atoms with Gasteiger partial charge in [-0.25, -0.2) is 9.78 Å². The van der Waals surface area contributed by atoms with Crippen LogP contribution in [0.5, 0.6) is 0 Å². The molecular weight excluding hydrogens is 292 g/mol. The van der Waals surface area contributed by atoms with E-state index >= 15 is 0 Å². The van der Waals surface area contributed by atoms with Crippen LogP contribution in [0.4, 0.5) is 0 Å². The van der Waals surface area contributed by atoms with Crippen LogP contribution >= 0.6 is 0 Å². The molecule has 1 aromatic carbocycles. The van der Waals surface area contributed by atoms with Crippen LogP contribution in [0.25, 0.3) is 11.0 Å². The van der Waals surface area contributed by atoms with E-state index in [9.17, 15) is 9.90 Å². The number of imidazole rings is 1. The van der Waals surface area contributed by atoms with E-state index in [1.54, 1.807) is 12.1 Å². The second kappa shape index (κ2) is 5.96. The number of carbonyl (C=O) groups is 1. The predicted molar refractivity (Wildman–Crippen MR) is 88.9 cm³/mol. The number of carboxylic acid groups (broad SMARTS) is 1. The third kappa shape index (κ3) is 3.24. The summed E-state index contributed by atoms with van der Waals surface area (Å²) in [5, 5.41) is 9.19. The van der Waals surface area contributed by atoms with Crippen molar-refractivity contribution < 1.29 is 14.6 Å². The smallest absolute Gasteiger partial charge is 0.335 e. The highest BCUT2D eigenvalue weighted by molar-refractivity contribution is 5.92. The van der Waals surface area contributed by atoms with Gasteiger partial charge in [0.25, 0.3) is 0 Å². The van der Waals surface area contributed by atoms with E-state index in [2.05, 4.69) is 25.3 Å². The van der Waals surface area contributed by atoms with Crippen LogP contribution < -0.4 is 0 Å². The zero-order valence-electron chi connectivity index (χ0n) is 14.0. The Hall–Kier alpha value is -1.88. The first kappa shape index (κ1) is 16.0. The summed E-state index contributed by atoms with van der Waals surface area (Å²) in [5.74, 6) is 0.686.